The van der Waals surface area contributed by atoms with Crippen molar-refractivity contribution >= 4 is 5.91 Å². The lowest BCUT2D eigenvalue weighted by Crippen LogP contribution is -2.60. The largest absolute Gasteiger partial charge is 0.394 e. The highest BCUT2D eigenvalue weighted by Crippen LogP contribution is 2.24. The lowest BCUT2D eigenvalue weighted by Gasteiger charge is -2.40. The van der Waals surface area contributed by atoms with Gasteiger partial charge in [-0.25, -0.2) is 0 Å². The summed E-state index contributed by atoms with van der Waals surface area (Å²) in [4.78, 5) is 13.2. The lowest BCUT2D eigenvalue weighted by molar-refractivity contribution is -0.303. The maximum atomic E-state index is 13.2. The maximum absolute atomic E-state index is 13.2. The van der Waals surface area contributed by atoms with Crippen molar-refractivity contribution in [2.24, 2.45) is 0 Å². The summed E-state index contributed by atoms with van der Waals surface area (Å²) in [5.41, 5.74) is 0. The molecule has 11 nitrogen and oxygen atoms in total. The van der Waals surface area contributed by atoms with Gasteiger partial charge in [0.1, 0.15) is 36.6 Å². The first-order valence-electron chi connectivity index (χ1n) is 31.9. The first kappa shape index (κ1) is 70.1. The molecule has 0 saturated carbocycles. The van der Waals surface area contributed by atoms with Gasteiger partial charge in [-0.3, -0.25) is 4.79 Å². The minimum Gasteiger partial charge on any atom is -0.394 e. The molecular formula is C62H123NO10. The van der Waals surface area contributed by atoms with Crippen LogP contribution in [0.3, 0.4) is 0 Å². The molecule has 0 aliphatic carbocycles. The van der Waals surface area contributed by atoms with E-state index in [2.05, 4.69) is 19.2 Å². The summed E-state index contributed by atoms with van der Waals surface area (Å²) in [6.45, 7) is 3.51. The van der Waals surface area contributed by atoms with Gasteiger partial charge in [0.2, 0.25) is 5.91 Å². The zero-order valence-corrected chi connectivity index (χ0v) is 47.9. The molecule has 9 unspecified atom stereocenters. The van der Waals surface area contributed by atoms with Gasteiger partial charge in [-0.1, -0.05) is 309 Å². The number of ether oxygens (including phenoxy) is 2. The van der Waals surface area contributed by atoms with Gasteiger partial charge in [-0.15, -0.1) is 0 Å². The van der Waals surface area contributed by atoms with Gasteiger partial charge in [0.25, 0.3) is 0 Å². The van der Waals surface area contributed by atoms with Crippen LogP contribution < -0.4 is 5.32 Å². The molecule has 1 saturated heterocycles. The van der Waals surface area contributed by atoms with Gasteiger partial charge in [0.05, 0.1) is 25.4 Å². The number of hydrogen-bond acceptors (Lipinski definition) is 10. The highest BCUT2D eigenvalue weighted by atomic mass is 16.7. The van der Waals surface area contributed by atoms with E-state index in [9.17, 15) is 40.5 Å². The minimum absolute atomic E-state index is 0.267. The molecule has 1 aliphatic heterocycles. The second kappa shape index (κ2) is 51.8. The number of rotatable bonds is 56. The van der Waals surface area contributed by atoms with Crippen molar-refractivity contribution in [1.29, 1.82) is 0 Å². The fourth-order valence-electron chi connectivity index (χ4n) is 10.7. The third-order valence-corrected chi connectivity index (χ3v) is 15.9. The smallest absolute Gasteiger partial charge is 0.249 e. The number of unbranched alkanes of at least 4 members (excludes halogenated alkanes) is 44. The predicted molar refractivity (Wildman–Crippen MR) is 303 cm³/mol. The van der Waals surface area contributed by atoms with Crippen molar-refractivity contribution in [3.8, 4) is 0 Å². The van der Waals surface area contributed by atoms with Crippen LogP contribution >= 0.6 is 0 Å². The van der Waals surface area contributed by atoms with Gasteiger partial charge in [0.15, 0.2) is 6.29 Å². The molecule has 0 aromatic rings. The van der Waals surface area contributed by atoms with Crippen LogP contribution in [0.2, 0.25) is 0 Å². The molecule has 73 heavy (non-hydrogen) atoms. The Hall–Kier alpha value is -0.890. The Bertz CT molecular complexity index is 1150. The van der Waals surface area contributed by atoms with Gasteiger partial charge in [0, 0.05) is 0 Å². The molecule has 0 spiro atoms. The van der Waals surface area contributed by atoms with Gasteiger partial charge in [-0.2, -0.15) is 0 Å². The van der Waals surface area contributed by atoms with Crippen molar-refractivity contribution < 1.29 is 50.0 Å². The SMILES string of the molecule is CCCCCCCCCCCCCCCCCCCCCCCCCCCC(O)C(=O)NC(COC1OC(CO)C(O)C(O)C1O)C(O)C(O)CCCCCCCCCCCCCCCCCCCCCCC. The van der Waals surface area contributed by atoms with Crippen LogP contribution in [0.15, 0.2) is 0 Å². The molecule has 0 bridgehead atoms. The molecular weight excluding hydrogens is 919 g/mol. The summed E-state index contributed by atoms with van der Waals surface area (Å²) >= 11 is 0. The van der Waals surface area contributed by atoms with Crippen molar-refractivity contribution in [2.75, 3.05) is 13.2 Å². The molecule has 8 N–H and O–H groups in total. The molecule has 9 atom stereocenters. The summed E-state index contributed by atoms with van der Waals surface area (Å²) in [5.74, 6) is -0.688. The quantitative estimate of drug-likeness (QED) is 0.0272. The summed E-state index contributed by atoms with van der Waals surface area (Å²) in [6, 6.07) is -1.16. The Morgan fingerprint density at radius 3 is 1.01 bits per heavy atom. The summed E-state index contributed by atoms with van der Waals surface area (Å²) < 4.78 is 11.2. The fraction of sp³-hybridized carbons (Fsp3) is 0.984. The Labute approximate surface area is 449 Å². The van der Waals surface area contributed by atoms with Gasteiger partial charge < -0.3 is 50.5 Å². The van der Waals surface area contributed by atoms with Gasteiger partial charge >= 0.3 is 0 Å². The Balaban J connectivity index is 2.24. The van der Waals surface area contributed by atoms with E-state index in [0.717, 1.165) is 38.5 Å². The molecule has 1 amide bonds. The number of nitrogens with one attached hydrogen (secondary N) is 1. The molecule has 1 rings (SSSR count). The van der Waals surface area contributed by atoms with E-state index in [4.69, 9.17) is 9.47 Å². The highest BCUT2D eigenvalue weighted by Gasteiger charge is 2.44. The number of carbonyl (C=O) groups excluding carboxylic acids is 1. The number of amides is 1. The first-order chi connectivity index (χ1) is 35.7. The summed E-state index contributed by atoms with van der Waals surface area (Å²) in [7, 11) is 0. The third kappa shape index (κ3) is 40.0. The number of aliphatic hydroxyl groups excluding tert-OH is 7. The molecule has 0 aromatic heterocycles. The second-order valence-corrected chi connectivity index (χ2v) is 22.9. The summed E-state index contributed by atoms with van der Waals surface area (Å²) in [6.07, 6.45) is 48.8. The van der Waals surface area contributed by atoms with Crippen LogP contribution in [0.4, 0.5) is 0 Å². The summed E-state index contributed by atoms with van der Waals surface area (Å²) in [5, 5.41) is 76.4. The Morgan fingerprint density at radius 1 is 0.425 bits per heavy atom. The van der Waals surface area contributed by atoms with E-state index in [1.807, 2.05) is 0 Å². The Kier molecular flexibility index (Phi) is 49.8. The van der Waals surface area contributed by atoms with E-state index < -0.39 is 74.2 Å². The predicted octanol–water partition coefficient (Wildman–Crippen LogP) is 14.1. The second-order valence-electron chi connectivity index (χ2n) is 22.9. The topological polar surface area (TPSA) is 189 Å². The molecule has 436 valence electrons. The Morgan fingerprint density at radius 2 is 0.712 bits per heavy atom. The van der Waals surface area contributed by atoms with E-state index in [1.165, 1.54) is 244 Å². The molecule has 1 fully saturated rings. The van der Waals surface area contributed by atoms with E-state index in [-0.39, 0.29) is 6.42 Å². The monoisotopic (exact) mass is 1040 g/mol. The highest BCUT2D eigenvalue weighted by molar-refractivity contribution is 5.80. The lowest BCUT2D eigenvalue weighted by atomic mass is 9.98. The van der Waals surface area contributed by atoms with Crippen molar-refractivity contribution in [3.05, 3.63) is 0 Å². The minimum atomic E-state index is -1.66. The van der Waals surface area contributed by atoms with Crippen LogP contribution in [0.5, 0.6) is 0 Å². The fourth-order valence-corrected chi connectivity index (χ4v) is 10.7. The average molecular weight is 1040 g/mol. The van der Waals surface area contributed by atoms with Crippen LogP contribution in [0, 0.1) is 0 Å². The van der Waals surface area contributed by atoms with E-state index in [0.29, 0.717) is 19.3 Å². The third-order valence-electron chi connectivity index (χ3n) is 15.9. The molecule has 0 radical (unpaired) electrons. The number of carbonyl (C=O) groups is 1. The molecule has 11 heteroatoms. The van der Waals surface area contributed by atoms with Crippen molar-refractivity contribution in [1.82, 2.24) is 5.32 Å². The average Bonchev–Trinajstić information content (AvgIpc) is 3.39. The van der Waals surface area contributed by atoms with Gasteiger partial charge in [-0.05, 0) is 12.8 Å². The van der Waals surface area contributed by atoms with E-state index in [1.54, 1.807) is 0 Å². The van der Waals surface area contributed by atoms with E-state index >= 15 is 0 Å². The zero-order chi connectivity index (χ0) is 53.3. The molecule has 1 aliphatic rings. The van der Waals surface area contributed by atoms with Crippen LogP contribution in [0.1, 0.15) is 322 Å². The molecule has 0 aromatic carbocycles. The van der Waals surface area contributed by atoms with Crippen molar-refractivity contribution in [2.45, 2.75) is 377 Å². The van der Waals surface area contributed by atoms with Crippen LogP contribution in [0.25, 0.3) is 0 Å². The first-order valence-corrected chi connectivity index (χ1v) is 31.9. The number of aliphatic hydroxyl groups is 7. The normalized spacial score (nSPS) is 19.8. The zero-order valence-electron chi connectivity index (χ0n) is 47.9. The number of hydrogen-bond donors (Lipinski definition) is 8. The standard InChI is InChI=1S/C62H123NO10/c1-3-5-7-9-11-13-15-17-19-21-23-25-26-27-28-30-32-34-36-38-40-42-44-46-48-50-55(66)61(71)63-53(52-72-62-60(70)59(69)58(68)56(51-64)73-62)57(67)54(65)49-47-45-43-41-39-37-35-33-31-29-24-22-20-18-16-14-12-10-8-6-4-2/h53-60,62,64-70H,3-52H2,1-2H3,(H,63,71). The van der Waals surface area contributed by atoms with Crippen LogP contribution in [-0.2, 0) is 14.3 Å². The van der Waals surface area contributed by atoms with Crippen LogP contribution in [-0.4, -0.2) is 110 Å². The maximum Gasteiger partial charge on any atom is 0.249 e. The molecule has 1 heterocycles. The van der Waals surface area contributed by atoms with Crippen molar-refractivity contribution in [3.63, 3.8) is 0 Å².